The second-order valence-electron chi connectivity index (χ2n) is 7.42. The summed E-state index contributed by atoms with van der Waals surface area (Å²) in [6.07, 6.45) is 0.339. The summed E-state index contributed by atoms with van der Waals surface area (Å²) in [6, 6.07) is 13.7. The maximum Gasteiger partial charge on any atom is 0.263 e. The van der Waals surface area contributed by atoms with Gasteiger partial charge in [0.15, 0.2) is 6.10 Å². The minimum atomic E-state index is -3.36. The van der Waals surface area contributed by atoms with Gasteiger partial charge in [-0.3, -0.25) is 9.10 Å². The molecule has 3 rings (SSSR count). The molecule has 0 aliphatic heterocycles. The molecule has 0 radical (unpaired) electrons. The number of ether oxygens (including phenoxy) is 2. The molecule has 0 saturated carbocycles. The van der Waals surface area contributed by atoms with Crippen molar-refractivity contribution in [2.45, 2.75) is 19.6 Å². The summed E-state index contributed by atoms with van der Waals surface area (Å²) in [4.78, 5) is 18.5. The molecular formula is C22H26N4O6S. The molecule has 0 N–H and O–H groups in total. The number of benzene rings is 2. The minimum Gasteiger partial charge on any atom is -0.497 e. The van der Waals surface area contributed by atoms with Crippen molar-refractivity contribution in [1.82, 2.24) is 15.0 Å². The maximum absolute atomic E-state index is 12.7. The summed E-state index contributed by atoms with van der Waals surface area (Å²) in [5, 5.41) is 3.97. The number of nitrogens with zero attached hydrogens (tertiary/aromatic N) is 4. The van der Waals surface area contributed by atoms with Crippen LogP contribution in [0.1, 0.15) is 12.8 Å². The van der Waals surface area contributed by atoms with Crippen molar-refractivity contribution >= 4 is 21.6 Å². The summed E-state index contributed by atoms with van der Waals surface area (Å²) >= 11 is 0. The zero-order chi connectivity index (χ0) is 24.2. The van der Waals surface area contributed by atoms with Gasteiger partial charge in [0.2, 0.25) is 21.7 Å². The average Bonchev–Trinajstić information content (AvgIpc) is 3.26. The first-order valence-corrected chi connectivity index (χ1v) is 11.9. The van der Waals surface area contributed by atoms with Gasteiger partial charge in [0.05, 0.1) is 25.6 Å². The van der Waals surface area contributed by atoms with Crippen molar-refractivity contribution in [3.63, 3.8) is 0 Å². The number of aromatic nitrogens is 2. The third-order valence-electron chi connectivity index (χ3n) is 4.90. The Hall–Kier alpha value is -3.60. The lowest BCUT2D eigenvalue weighted by atomic mass is 10.2. The van der Waals surface area contributed by atoms with Gasteiger partial charge in [0.25, 0.3) is 5.91 Å². The van der Waals surface area contributed by atoms with Crippen LogP contribution < -0.4 is 13.8 Å². The van der Waals surface area contributed by atoms with Crippen LogP contribution in [0.5, 0.6) is 11.5 Å². The topological polar surface area (TPSA) is 115 Å². The predicted octanol–water partition coefficient (Wildman–Crippen LogP) is 2.57. The number of rotatable bonds is 9. The highest BCUT2D eigenvalue weighted by molar-refractivity contribution is 7.92. The van der Waals surface area contributed by atoms with Gasteiger partial charge in [-0.15, -0.1) is 0 Å². The van der Waals surface area contributed by atoms with Crippen molar-refractivity contribution in [3.05, 3.63) is 54.4 Å². The third-order valence-corrected chi connectivity index (χ3v) is 6.11. The second kappa shape index (κ2) is 9.90. The van der Waals surface area contributed by atoms with Gasteiger partial charge in [-0.2, -0.15) is 4.98 Å². The normalized spacial score (nSPS) is 12.2. The van der Waals surface area contributed by atoms with E-state index in [0.717, 1.165) is 16.1 Å². The van der Waals surface area contributed by atoms with Crippen LogP contribution in [0.2, 0.25) is 0 Å². The Labute approximate surface area is 192 Å². The number of carbonyl (C=O) groups is 1. The Balaban J connectivity index is 1.60. The van der Waals surface area contributed by atoms with E-state index in [1.807, 2.05) is 18.2 Å². The smallest absolute Gasteiger partial charge is 0.263 e. The van der Waals surface area contributed by atoms with Gasteiger partial charge in [-0.1, -0.05) is 17.3 Å². The minimum absolute atomic E-state index is 0.113. The number of carbonyl (C=O) groups excluding carboxylic acids is 1. The number of hydrogen-bond donors (Lipinski definition) is 0. The molecule has 1 amide bonds. The number of methoxy groups -OCH3 is 1. The molecule has 0 aliphatic rings. The van der Waals surface area contributed by atoms with E-state index in [1.165, 1.54) is 11.9 Å². The van der Waals surface area contributed by atoms with Crippen LogP contribution in [0, 0.1) is 0 Å². The van der Waals surface area contributed by atoms with Crippen LogP contribution in [0.15, 0.2) is 53.1 Å². The predicted molar refractivity (Wildman–Crippen MR) is 123 cm³/mol. The van der Waals surface area contributed by atoms with E-state index in [4.69, 9.17) is 14.0 Å². The Morgan fingerprint density at radius 2 is 1.82 bits per heavy atom. The third kappa shape index (κ3) is 6.01. The van der Waals surface area contributed by atoms with Crippen molar-refractivity contribution in [2.24, 2.45) is 0 Å². The fraction of sp³-hybridized carbons (Fsp3) is 0.318. The largest absolute Gasteiger partial charge is 0.497 e. The average molecular weight is 475 g/mol. The van der Waals surface area contributed by atoms with E-state index < -0.39 is 16.1 Å². The molecule has 0 unspecified atom stereocenters. The van der Waals surface area contributed by atoms with E-state index >= 15 is 0 Å². The number of sulfonamides is 1. The highest BCUT2D eigenvalue weighted by Gasteiger charge is 2.22. The van der Waals surface area contributed by atoms with Crippen LogP contribution in [-0.2, 0) is 21.4 Å². The van der Waals surface area contributed by atoms with E-state index in [1.54, 1.807) is 51.4 Å². The highest BCUT2D eigenvalue weighted by atomic mass is 32.2. The van der Waals surface area contributed by atoms with Gasteiger partial charge in [-0.25, -0.2) is 8.42 Å². The number of anilines is 1. The summed E-state index contributed by atoms with van der Waals surface area (Å²) in [6.45, 7) is 1.74. The first-order chi connectivity index (χ1) is 15.6. The molecule has 3 aromatic rings. The van der Waals surface area contributed by atoms with Crippen LogP contribution in [0.4, 0.5) is 5.69 Å². The van der Waals surface area contributed by atoms with Gasteiger partial charge < -0.3 is 18.9 Å². The van der Waals surface area contributed by atoms with Crippen molar-refractivity contribution in [3.8, 4) is 22.9 Å². The molecule has 0 fully saturated rings. The quantitative estimate of drug-likeness (QED) is 0.465. The standard InChI is InChI=1S/C22H26N4O6S/c1-15(31-18-11-9-17(10-12-18)26(3)33(5,28)29)22(27)25(2)14-20-23-21(24-32-20)16-7-6-8-19(13-16)30-4/h6-13,15H,14H2,1-5H3/t15-/m1/s1. The molecular weight excluding hydrogens is 448 g/mol. The van der Waals surface area contributed by atoms with Crippen LogP contribution in [-0.4, -0.2) is 62.9 Å². The summed E-state index contributed by atoms with van der Waals surface area (Å²) in [5.74, 6) is 1.51. The lowest BCUT2D eigenvalue weighted by Crippen LogP contribution is -2.37. The number of amides is 1. The molecule has 33 heavy (non-hydrogen) atoms. The molecule has 1 aromatic heterocycles. The van der Waals surface area contributed by atoms with E-state index in [2.05, 4.69) is 10.1 Å². The van der Waals surface area contributed by atoms with Crippen molar-refractivity contribution < 1.29 is 27.2 Å². The Bertz CT molecular complexity index is 1210. The molecule has 2 aromatic carbocycles. The molecule has 0 aliphatic carbocycles. The fourth-order valence-corrected chi connectivity index (χ4v) is 3.47. The molecule has 10 nitrogen and oxygen atoms in total. The van der Waals surface area contributed by atoms with E-state index in [0.29, 0.717) is 23.0 Å². The zero-order valence-electron chi connectivity index (χ0n) is 19.0. The first-order valence-electron chi connectivity index (χ1n) is 10.0. The molecule has 176 valence electrons. The number of hydrogen-bond acceptors (Lipinski definition) is 8. The van der Waals surface area contributed by atoms with Gasteiger partial charge in [-0.05, 0) is 43.3 Å². The number of likely N-dealkylation sites (N-methyl/N-ethyl adjacent to an activating group) is 1. The van der Waals surface area contributed by atoms with Crippen molar-refractivity contribution in [2.75, 3.05) is 31.8 Å². The first kappa shape index (κ1) is 24.1. The summed E-state index contributed by atoms with van der Waals surface area (Å²) in [5.41, 5.74) is 1.23. The lowest BCUT2D eigenvalue weighted by molar-refractivity contribution is -0.137. The van der Waals surface area contributed by atoms with Crippen LogP contribution in [0.3, 0.4) is 0 Å². The molecule has 0 bridgehead atoms. The zero-order valence-corrected chi connectivity index (χ0v) is 19.9. The maximum atomic E-state index is 12.7. The van der Waals surface area contributed by atoms with E-state index in [-0.39, 0.29) is 18.3 Å². The van der Waals surface area contributed by atoms with Gasteiger partial charge in [0, 0.05) is 19.7 Å². The molecule has 0 saturated heterocycles. The van der Waals surface area contributed by atoms with Gasteiger partial charge >= 0.3 is 0 Å². The Morgan fingerprint density at radius 3 is 2.45 bits per heavy atom. The molecule has 1 heterocycles. The van der Waals surface area contributed by atoms with Gasteiger partial charge in [0.1, 0.15) is 11.5 Å². The lowest BCUT2D eigenvalue weighted by Gasteiger charge is -2.21. The van der Waals surface area contributed by atoms with Crippen LogP contribution >= 0.6 is 0 Å². The molecule has 0 spiro atoms. The monoisotopic (exact) mass is 474 g/mol. The SMILES string of the molecule is COc1cccc(-c2noc(CN(C)C(=O)[C@@H](C)Oc3ccc(N(C)S(C)(=O)=O)cc3)n2)c1. The van der Waals surface area contributed by atoms with Crippen LogP contribution in [0.25, 0.3) is 11.4 Å². The second-order valence-corrected chi connectivity index (χ2v) is 9.44. The summed E-state index contributed by atoms with van der Waals surface area (Å²) in [7, 11) is 1.29. The molecule has 1 atom stereocenters. The Morgan fingerprint density at radius 1 is 1.12 bits per heavy atom. The highest BCUT2D eigenvalue weighted by Crippen LogP contribution is 2.23. The fourth-order valence-electron chi connectivity index (χ4n) is 2.97. The Kier molecular flexibility index (Phi) is 7.22. The molecule has 11 heteroatoms. The van der Waals surface area contributed by atoms with E-state index in [9.17, 15) is 13.2 Å². The van der Waals surface area contributed by atoms with Crippen molar-refractivity contribution in [1.29, 1.82) is 0 Å². The summed E-state index contributed by atoms with van der Waals surface area (Å²) < 4.78 is 40.6.